The number of sulfonamides is 1. The molecule has 6 heteroatoms. The largest absolute Gasteiger partial charge is 0.391 e. The van der Waals surface area contributed by atoms with Gasteiger partial charge >= 0.3 is 0 Å². The fourth-order valence-electron chi connectivity index (χ4n) is 2.10. The lowest BCUT2D eigenvalue weighted by molar-refractivity contribution is 0.285. The lowest BCUT2D eigenvalue weighted by Gasteiger charge is -2.13. The molecule has 1 aromatic heterocycles. The molecule has 1 fully saturated rings. The van der Waals surface area contributed by atoms with E-state index < -0.39 is 10.0 Å². The van der Waals surface area contributed by atoms with Crippen LogP contribution >= 0.6 is 11.3 Å². The molecular weight excluding hydrogens is 270 g/mol. The molecule has 1 aliphatic carbocycles. The Hall–Kier alpha value is -0.430. The maximum absolute atomic E-state index is 12.2. The Labute approximate surface area is 112 Å². The standard InChI is InChI=1S/C12H19NO3S2/c1-8(5-10-3-4-10)13-18(15,16)12-6-11(7-14)17-9(12)2/h6,8,10,13-14H,3-5,7H2,1-2H3. The highest BCUT2D eigenvalue weighted by Gasteiger charge is 2.27. The third-order valence-electron chi connectivity index (χ3n) is 3.11. The second-order valence-corrected chi connectivity index (χ2v) is 8.02. The Balaban J connectivity index is 2.10. The van der Waals surface area contributed by atoms with Gasteiger partial charge in [-0.2, -0.15) is 0 Å². The molecule has 0 aliphatic heterocycles. The van der Waals surface area contributed by atoms with Gasteiger partial charge in [-0.1, -0.05) is 12.8 Å². The minimum atomic E-state index is -3.45. The van der Waals surface area contributed by atoms with Crippen molar-refractivity contribution >= 4 is 21.4 Å². The van der Waals surface area contributed by atoms with Gasteiger partial charge in [0.05, 0.1) is 11.5 Å². The maximum Gasteiger partial charge on any atom is 0.241 e. The summed E-state index contributed by atoms with van der Waals surface area (Å²) in [5, 5.41) is 9.05. The molecule has 1 aliphatic rings. The third kappa shape index (κ3) is 3.32. The summed E-state index contributed by atoms with van der Waals surface area (Å²) in [4.78, 5) is 1.71. The molecule has 1 unspecified atom stereocenters. The second kappa shape index (κ2) is 5.28. The van der Waals surface area contributed by atoms with Crippen LogP contribution in [0.2, 0.25) is 0 Å². The Kier molecular flexibility index (Phi) is 4.11. The summed E-state index contributed by atoms with van der Waals surface area (Å²) in [7, 11) is -3.45. The van der Waals surface area contributed by atoms with Crippen LogP contribution in [0, 0.1) is 12.8 Å². The lowest BCUT2D eigenvalue weighted by Crippen LogP contribution is -2.33. The smallest absolute Gasteiger partial charge is 0.241 e. The molecule has 0 saturated heterocycles. The zero-order valence-corrected chi connectivity index (χ0v) is 12.3. The average Bonchev–Trinajstić information content (AvgIpc) is 2.97. The average molecular weight is 289 g/mol. The van der Waals surface area contributed by atoms with Gasteiger partial charge in [0.1, 0.15) is 0 Å². The van der Waals surface area contributed by atoms with Gasteiger partial charge < -0.3 is 5.11 Å². The molecule has 1 heterocycles. The van der Waals surface area contributed by atoms with E-state index in [2.05, 4.69) is 4.72 Å². The number of hydrogen-bond acceptors (Lipinski definition) is 4. The van der Waals surface area contributed by atoms with Crippen LogP contribution in [0.15, 0.2) is 11.0 Å². The van der Waals surface area contributed by atoms with Gasteiger partial charge in [-0.15, -0.1) is 11.3 Å². The van der Waals surface area contributed by atoms with Crippen LogP contribution in [-0.4, -0.2) is 19.6 Å². The SMILES string of the molecule is Cc1sc(CO)cc1S(=O)(=O)NC(C)CC1CC1. The summed E-state index contributed by atoms with van der Waals surface area (Å²) in [5.41, 5.74) is 0. The van der Waals surface area contributed by atoms with Crippen LogP contribution in [0.3, 0.4) is 0 Å². The van der Waals surface area contributed by atoms with Crippen molar-refractivity contribution in [1.29, 1.82) is 0 Å². The van der Waals surface area contributed by atoms with E-state index in [9.17, 15) is 8.42 Å². The number of rotatable bonds is 6. The number of aliphatic hydroxyl groups excluding tert-OH is 1. The molecule has 4 nitrogen and oxygen atoms in total. The van der Waals surface area contributed by atoms with Gasteiger partial charge in [-0.3, -0.25) is 0 Å². The van der Waals surface area contributed by atoms with Crippen molar-refractivity contribution < 1.29 is 13.5 Å². The second-order valence-electron chi connectivity index (χ2n) is 4.99. The predicted octanol–water partition coefficient (Wildman–Crippen LogP) is 2.02. The van der Waals surface area contributed by atoms with E-state index in [1.165, 1.54) is 24.2 Å². The lowest BCUT2D eigenvalue weighted by atomic mass is 10.2. The molecule has 0 spiro atoms. The summed E-state index contributed by atoms with van der Waals surface area (Å²) >= 11 is 1.33. The van der Waals surface area contributed by atoms with Crippen LogP contribution in [0.4, 0.5) is 0 Å². The number of thiophene rings is 1. The summed E-state index contributed by atoms with van der Waals surface area (Å²) < 4.78 is 27.1. The predicted molar refractivity (Wildman–Crippen MR) is 72.1 cm³/mol. The van der Waals surface area contributed by atoms with E-state index in [1.54, 1.807) is 13.0 Å². The number of aliphatic hydroxyl groups is 1. The van der Waals surface area contributed by atoms with Gasteiger partial charge in [0.15, 0.2) is 0 Å². The molecule has 18 heavy (non-hydrogen) atoms. The molecule has 0 bridgehead atoms. The van der Waals surface area contributed by atoms with Crippen molar-refractivity contribution in [2.75, 3.05) is 0 Å². The van der Waals surface area contributed by atoms with E-state index in [-0.39, 0.29) is 12.6 Å². The van der Waals surface area contributed by atoms with Crippen LogP contribution in [0.25, 0.3) is 0 Å². The van der Waals surface area contributed by atoms with Gasteiger partial charge in [-0.25, -0.2) is 13.1 Å². The molecule has 0 radical (unpaired) electrons. The molecule has 2 rings (SSSR count). The van der Waals surface area contributed by atoms with Crippen molar-refractivity contribution in [1.82, 2.24) is 4.72 Å². The van der Waals surface area contributed by atoms with Crippen LogP contribution in [0.5, 0.6) is 0 Å². The van der Waals surface area contributed by atoms with Gasteiger partial charge in [0, 0.05) is 15.8 Å². The van der Waals surface area contributed by atoms with E-state index in [4.69, 9.17) is 5.11 Å². The highest BCUT2D eigenvalue weighted by Crippen LogP contribution is 2.34. The monoisotopic (exact) mass is 289 g/mol. The minimum absolute atomic E-state index is 0.0284. The van der Waals surface area contributed by atoms with Gasteiger partial charge in [-0.05, 0) is 32.3 Å². The molecule has 0 aromatic carbocycles. The number of hydrogen-bond donors (Lipinski definition) is 2. The van der Waals surface area contributed by atoms with Crippen molar-refractivity contribution in [3.63, 3.8) is 0 Å². The van der Waals surface area contributed by atoms with Crippen LogP contribution < -0.4 is 4.72 Å². The zero-order valence-electron chi connectivity index (χ0n) is 10.6. The highest BCUT2D eigenvalue weighted by molar-refractivity contribution is 7.89. The van der Waals surface area contributed by atoms with Crippen molar-refractivity contribution in [3.8, 4) is 0 Å². The van der Waals surface area contributed by atoms with E-state index in [1.807, 2.05) is 6.92 Å². The maximum atomic E-state index is 12.2. The number of aryl methyl sites for hydroxylation is 1. The summed E-state index contributed by atoms with van der Waals surface area (Å²) in [5.74, 6) is 0.694. The summed E-state index contributed by atoms with van der Waals surface area (Å²) in [6.45, 7) is 3.56. The zero-order chi connectivity index (χ0) is 13.3. The quantitative estimate of drug-likeness (QED) is 0.842. The van der Waals surface area contributed by atoms with Crippen molar-refractivity contribution in [2.24, 2.45) is 5.92 Å². The third-order valence-corrected chi connectivity index (χ3v) is 5.99. The highest BCUT2D eigenvalue weighted by atomic mass is 32.2. The van der Waals surface area contributed by atoms with Crippen molar-refractivity contribution in [3.05, 3.63) is 15.8 Å². The molecule has 1 aromatic rings. The first-order valence-electron chi connectivity index (χ1n) is 6.15. The first-order valence-corrected chi connectivity index (χ1v) is 8.45. The van der Waals surface area contributed by atoms with Gasteiger partial charge in [0.2, 0.25) is 10.0 Å². The van der Waals surface area contributed by atoms with E-state index >= 15 is 0 Å². The summed E-state index contributed by atoms with van der Waals surface area (Å²) in [6.07, 6.45) is 3.35. The van der Waals surface area contributed by atoms with E-state index in [0.717, 1.165) is 11.3 Å². The summed E-state index contributed by atoms with van der Waals surface area (Å²) in [6, 6.07) is 1.53. The molecule has 1 saturated carbocycles. The van der Waals surface area contributed by atoms with Crippen LogP contribution in [0.1, 0.15) is 35.9 Å². The molecule has 2 N–H and O–H groups in total. The van der Waals surface area contributed by atoms with Gasteiger partial charge in [0.25, 0.3) is 0 Å². The molecule has 1 atom stereocenters. The fraction of sp³-hybridized carbons (Fsp3) is 0.667. The molecule has 0 amide bonds. The van der Waals surface area contributed by atoms with E-state index in [0.29, 0.717) is 15.7 Å². The Morgan fingerprint density at radius 3 is 2.72 bits per heavy atom. The Morgan fingerprint density at radius 1 is 1.56 bits per heavy atom. The fourth-order valence-corrected chi connectivity index (χ4v) is 4.85. The topological polar surface area (TPSA) is 66.4 Å². The van der Waals surface area contributed by atoms with Crippen LogP contribution in [-0.2, 0) is 16.6 Å². The molecular formula is C12H19NO3S2. The van der Waals surface area contributed by atoms with Crippen molar-refractivity contribution in [2.45, 2.75) is 50.7 Å². The number of nitrogens with one attached hydrogen (secondary N) is 1. The first-order chi connectivity index (χ1) is 8.42. The first kappa shape index (κ1) is 14.0. The normalized spacial score (nSPS) is 17.9. The Morgan fingerprint density at radius 2 is 2.22 bits per heavy atom. The minimum Gasteiger partial charge on any atom is -0.391 e. The Bertz CT molecular complexity index is 517. The molecule has 102 valence electrons.